The van der Waals surface area contributed by atoms with Crippen molar-refractivity contribution in [2.75, 3.05) is 14.2 Å². The average Bonchev–Trinajstić information content (AvgIpc) is 2.90. The summed E-state index contributed by atoms with van der Waals surface area (Å²) in [6.07, 6.45) is 1.98. The van der Waals surface area contributed by atoms with Crippen molar-refractivity contribution in [3.05, 3.63) is 41.9 Å². The third kappa shape index (κ3) is 2.31. The number of nitrogens with zero attached hydrogens (tertiary/aromatic N) is 3. The fraction of sp³-hybridized carbons (Fsp3) is 0.250. The highest BCUT2D eigenvalue weighted by atomic mass is 16.5. The summed E-state index contributed by atoms with van der Waals surface area (Å²) in [6.45, 7) is 4.01. The molecule has 2 aromatic heterocycles. The second-order valence-corrected chi connectivity index (χ2v) is 4.90. The predicted octanol–water partition coefficient (Wildman–Crippen LogP) is 3.03. The van der Waals surface area contributed by atoms with E-state index in [2.05, 4.69) is 9.97 Å². The largest absolute Gasteiger partial charge is 0.493 e. The molecule has 0 spiro atoms. The third-order valence-electron chi connectivity index (χ3n) is 3.44. The molecule has 5 nitrogen and oxygen atoms in total. The van der Waals surface area contributed by atoms with Crippen LogP contribution in [-0.4, -0.2) is 28.6 Å². The van der Waals surface area contributed by atoms with E-state index in [0.717, 1.165) is 22.6 Å². The maximum atomic E-state index is 5.34. The van der Waals surface area contributed by atoms with Crippen molar-refractivity contribution < 1.29 is 9.47 Å². The van der Waals surface area contributed by atoms with Crippen molar-refractivity contribution in [3.63, 3.8) is 0 Å². The highest BCUT2D eigenvalue weighted by molar-refractivity contribution is 5.65. The molecule has 0 saturated carbocycles. The van der Waals surface area contributed by atoms with Crippen LogP contribution < -0.4 is 9.47 Å². The fourth-order valence-electron chi connectivity index (χ4n) is 2.41. The maximum absolute atomic E-state index is 5.34. The lowest BCUT2D eigenvalue weighted by atomic mass is 10.1. The molecule has 0 radical (unpaired) electrons. The highest BCUT2D eigenvalue weighted by Crippen LogP contribution is 2.32. The molecule has 5 heteroatoms. The third-order valence-corrected chi connectivity index (χ3v) is 3.44. The Kier molecular flexibility index (Phi) is 3.25. The Labute approximate surface area is 123 Å². The molecule has 0 fully saturated rings. The van der Waals surface area contributed by atoms with E-state index >= 15 is 0 Å². The first-order valence-electron chi connectivity index (χ1n) is 6.68. The van der Waals surface area contributed by atoms with Gasteiger partial charge >= 0.3 is 0 Å². The molecule has 2 heterocycles. The smallest absolute Gasteiger partial charge is 0.234 e. The van der Waals surface area contributed by atoms with Gasteiger partial charge in [-0.25, -0.2) is 9.97 Å². The zero-order chi connectivity index (χ0) is 15.0. The van der Waals surface area contributed by atoms with Gasteiger partial charge in [0.05, 0.1) is 19.9 Å². The van der Waals surface area contributed by atoms with Crippen molar-refractivity contribution in [2.24, 2.45) is 0 Å². The van der Waals surface area contributed by atoms with Crippen LogP contribution in [0.3, 0.4) is 0 Å². The van der Waals surface area contributed by atoms with E-state index in [4.69, 9.17) is 9.47 Å². The quantitative estimate of drug-likeness (QED) is 0.741. The molecule has 0 aliphatic carbocycles. The Morgan fingerprint density at radius 1 is 0.952 bits per heavy atom. The van der Waals surface area contributed by atoms with Gasteiger partial charge in [-0.1, -0.05) is 0 Å². The van der Waals surface area contributed by atoms with Gasteiger partial charge in [0.1, 0.15) is 0 Å². The molecule has 0 aliphatic heterocycles. The van der Waals surface area contributed by atoms with Gasteiger partial charge in [0, 0.05) is 23.1 Å². The van der Waals surface area contributed by atoms with Crippen LogP contribution in [0.25, 0.3) is 17.0 Å². The lowest BCUT2D eigenvalue weighted by Gasteiger charge is -2.08. The Bertz CT molecular complexity index is 809. The molecule has 0 bridgehead atoms. The van der Waals surface area contributed by atoms with Crippen LogP contribution in [0.5, 0.6) is 11.5 Å². The number of aromatic nitrogens is 3. The first kappa shape index (κ1) is 13.4. The standard InChI is InChI=1S/C16H17N3O2/c1-10-7-11(2)19-9-13(18-16(19)17-10)12-5-6-14(20-3)15(8-12)21-4/h5-9H,1-4H3. The van der Waals surface area contributed by atoms with Gasteiger partial charge in [-0.2, -0.15) is 0 Å². The Morgan fingerprint density at radius 3 is 2.43 bits per heavy atom. The second kappa shape index (κ2) is 5.09. The molecule has 0 N–H and O–H groups in total. The Balaban J connectivity index is 2.14. The van der Waals surface area contributed by atoms with Crippen LogP contribution in [0.2, 0.25) is 0 Å². The van der Waals surface area contributed by atoms with E-state index in [0.29, 0.717) is 17.3 Å². The normalized spacial score (nSPS) is 10.9. The minimum Gasteiger partial charge on any atom is -0.493 e. The molecule has 3 aromatic rings. The summed E-state index contributed by atoms with van der Waals surface area (Å²) < 4.78 is 12.6. The number of imidazole rings is 1. The summed E-state index contributed by atoms with van der Waals surface area (Å²) in [4.78, 5) is 9.05. The second-order valence-electron chi connectivity index (χ2n) is 4.90. The molecular formula is C16H17N3O2. The molecular weight excluding hydrogens is 266 g/mol. The van der Waals surface area contributed by atoms with Crippen molar-refractivity contribution in [2.45, 2.75) is 13.8 Å². The van der Waals surface area contributed by atoms with Crippen LogP contribution >= 0.6 is 0 Å². The summed E-state index contributed by atoms with van der Waals surface area (Å²) in [5.41, 5.74) is 3.90. The molecule has 1 aromatic carbocycles. The van der Waals surface area contributed by atoms with E-state index < -0.39 is 0 Å². The van der Waals surface area contributed by atoms with Gasteiger partial charge < -0.3 is 9.47 Å². The molecule has 3 rings (SSSR count). The Hall–Kier alpha value is -2.56. The van der Waals surface area contributed by atoms with E-state index in [1.165, 1.54) is 0 Å². The number of methoxy groups -OCH3 is 2. The number of hydrogen-bond donors (Lipinski definition) is 0. The Morgan fingerprint density at radius 2 is 1.71 bits per heavy atom. The van der Waals surface area contributed by atoms with Crippen LogP contribution in [-0.2, 0) is 0 Å². The van der Waals surface area contributed by atoms with Crippen molar-refractivity contribution in [3.8, 4) is 22.8 Å². The summed E-state index contributed by atoms with van der Waals surface area (Å²) in [7, 11) is 3.25. The van der Waals surface area contributed by atoms with Crippen LogP contribution in [0.4, 0.5) is 0 Å². The molecule has 0 unspecified atom stereocenters. The summed E-state index contributed by atoms with van der Waals surface area (Å²) in [5.74, 6) is 2.10. The minimum absolute atomic E-state index is 0.688. The number of rotatable bonds is 3. The maximum Gasteiger partial charge on any atom is 0.234 e. The zero-order valence-electron chi connectivity index (χ0n) is 12.5. The number of fused-ring (bicyclic) bond motifs is 1. The van der Waals surface area contributed by atoms with Gasteiger partial charge in [0.2, 0.25) is 5.78 Å². The van der Waals surface area contributed by atoms with E-state index in [-0.39, 0.29) is 0 Å². The van der Waals surface area contributed by atoms with Gasteiger partial charge in [-0.15, -0.1) is 0 Å². The van der Waals surface area contributed by atoms with Crippen molar-refractivity contribution in [1.29, 1.82) is 0 Å². The number of ether oxygens (including phenoxy) is 2. The zero-order valence-corrected chi connectivity index (χ0v) is 12.5. The topological polar surface area (TPSA) is 48.7 Å². The van der Waals surface area contributed by atoms with Gasteiger partial charge in [-0.3, -0.25) is 4.40 Å². The number of benzene rings is 1. The fourth-order valence-corrected chi connectivity index (χ4v) is 2.41. The first-order valence-corrected chi connectivity index (χ1v) is 6.68. The predicted molar refractivity (Wildman–Crippen MR) is 81.0 cm³/mol. The summed E-state index contributed by atoms with van der Waals surface area (Å²) >= 11 is 0. The van der Waals surface area contributed by atoms with Crippen molar-refractivity contribution in [1.82, 2.24) is 14.4 Å². The lowest BCUT2D eigenvalue weighted by Crippen LogP contribution is -1.94. The van der Waals surface area contributed by atoms with Gasteiger partial charge in [-0.05, 0) is 38.1 Å². The van der Waals surface area contributed by atoms with Crippen LogP contribution in [0, 0.1) is 13.8 Å². The molecule has 21 heavy (non-hydrogen) atoms. The van der Waals surface area contributed by atoms with Gasteiger partial charge in [0.15, 0.2) is 11.5 Å². The molecule has 0 aliphatic rings. The highest BCUT2D eigenvalue weighted by Gasteiger charge is 2.11. The van der Waals surface area contributed by atoms with Crippen LogP contribution in [0.1, 0.15) is 11.4 Å². The number of aryl methyl sites for hydroxylation is 2. The van der Waals surface area contributed by atoms with E-state index in [1.807, 2.05) is 48.7 Å². The molecule has 0 saturated heterocycles. The van der Waals surface area contributed by atoms with E-state index in [9.17, 15) is 0 Å². The molecule has 0 atom stereocenters. The molecule has 108 valence electrons. The average molecular weight is 283 g/mol. The molecule has 0 amide bonds. The lowest BCUT2D eigenvalue weighted by molar-refractivity contribution is 0.355. The summed E-state index contributed by atoms with van der Waals surface area (Å²) in [5, 5.41) is 0. The first-order chi connectivity index (χ1) is 10.1. The summed E-state index contributed by atoms with van der Waals surface area (Å²) in [6, 6.07) is 7.80. The van der Waals surface area contributed by atoms with Crippen LogP contribution in [0.15, 0.2) is 30.5 Å². The van der Waals surface area contributed by atoms with Crippen molar-refractivity contribution >= 4 is 5.78 Å². The SMILES string of the molecule is COc1ccc(-c2cn3c(C)cc(C)nc3n2)cc1OC. The van der Waals surface area contributed by atoms with E-state index in [1.54, 1.807) is 14.2 Å². The number of hydrogen-bond acceptors (Lipinski definition) is 4. The minimum atomic E-state index is 0.688. The monoisotopic (exact) mass is 283 g/mol. The van der Waals surface area contributed by atoms with Gasteiger partial charge in [0.25, 0.3) is 0 Å².